The van der Waals surface area contributed by atoms with Gasteiger partial charge in [-0.05, 0) is 27.6 Å². The number of halogens is 2. The topological polar surface area (TPSA) is 30.2 Å². The summed E-state index contributed by atoms with van der Waals surface area (Å²) in [4.78, 5) is 4.45. The van der Waals surface area contributed by atoms with E-state index >= 15 is 0 Å². The molecular formula is C10H11BrClN3. The maximum atomic E-state index is 5.79. The molecule has 0 unspecified atom stereocenters. The first-order valence-electron chi connectivity index (χ1n) is 4.72. The average Bonchev–Trinajstić information content (AvgIpc) is 2.61. The van der Waals surface area contributed by atoms with Crippen LogP contribution in [-0.2, 0) is 5.88 Å². The Balaban J connectivity index is 2.64. The molecule has 0 N–H and O–H groups in total. The van der Waals surface area contributed by atoms with E-state index in [4.69, 9.17) is 11.6 Å². The fourth-order valence-corrected chi connectivity index (χ4v) is 2.04. The lowest BCUT2D eigenvalue weighted by atomic mass is 10.2. The van der Waals surface area contributed by atoms with Gasteiger partial charge >= 0.3 is 0 Å². The van der Waals surface area contributed by atoms with E-state index in [9.17, 15) is 0 Å². The van der Waals surface area contributed by atoms with E-state index in [0.717, 1.165) is 21.5 Å². The molecule has 0 amide bonds. The third-order valence-electron chi connectivity index (χ3n) is 2.13. The van der Waals surface area contributed by atoms with Gasteiger partial charge in [-0.15, -0.1) is 11.6 Å². The molecule has 2 heterocycles. The minimum absolute atomic E-state index is 0.330. The number of nitrogens with zero attached hydrogens (tertiary/aromatic N) is 3. The summed E-state index contributed by atoms with van der Waals surface area (Å²) >= 11 is 9.26. The van der Waals surface area contributed by atoms with Crippen molar-refractivity contribution in [3.05, 3.63) is 28.1 Å². The standard InChI is InChI=1S/C10H11BrClN3/c1-6(2)9-13-10-8(11)3-7(4-12)5-15(10)14-9/h3,5-6H,4H2,1-2H3. The molecule has 0 aliphatic rings. The van der Waals surface area contributed by atoms with Crippen LogP contribution in [0.2, 0.25) is 0 Å². The van der Waals surface area contributed by atoms with Crippen LogP contribution in [0.5, 0.6) is 0 Å². The summed E-state index contributed by atoms with van der Waals surface area (Å²) in [5.74, 6) is 1.66. The lowest BCUT2D eigenvalue weighted by Gasteiger charge is -1.98. The molecular weight excluding hydrogens is 277 g/mol. The van der Waals surface area contributed by atoms with E-state index in [1.807, 2.05) is 12.3 Å². The first-order valence-corrected chi connectivity index (χ1v) is 6.05. The van der Waals surface area contributed by atoms with Gasteiger partial charge in [-0.3, -0.25) is 0 Å². The molecule has 2 rings (SSSR count). The van der Waals surface area contributed by atoms with Gasteiger partial charge in [0.1, 0.15) is 0 Å². The summed E-state index contributed by atoms with van der Waals surface area (Å²) in [6.07, 6.45) is 1.91. The highest BCUT2D eigenvalue weighted by molar-refractivity contribution is 9.10. The number of rotatable bonds is 2. The molecule has 0 aliphatic carbocycles. The highest BCUT2D eigenvalue weighted by Gasteiger charge is 2.10. The minimum Gasteiger partial charge on any atom is -0.219 e. The molecule has 3 nitrogen and oxygen atoms in total. The second kappa shape index (κ2) is 4.10. The van der Waals surface area contributed by atoms with Crippen molar-refractivity contribution in [3.8, 4) is 0 Å². The van der Waals surface area contributed by atoms with Crippen LogP contribution < -0.4 is 0 Å². The van der Waals surface area contributed by atoms with Gasteiger partial charge in [0.05, 0.1) is 4.47 Å². The maximum absolute atomic E-state index is 5.79. The second-order valence-corrected chi connectivity index (χ2v) is 4.84. The molecule has 0 saturated carbocycles. The summed E-state index contributed by atoms with van der Waals surface area (Å²) in [6.45, 7) is 4.15. The van der Waals surface area contributed by atoms with Crippen LogP contribution in [0.3, 0.4) is 0 Å². The van der Waals surface area contributed by atoms with E-state index in [1.165, 1.54) is 0 Å². The van der Waals surface area contributed by atoms with E-state index < -0.39 is 0 Å². The van der Waals surface area contributed by atoms with E-state index in [2.05, 4.69) is 39.9 Å². The number of alkyl halides is 1. The third kappa shape index (κ3) is 2.01. The van der Waals surface area contributed by atoms with Gasteiger partial charge in [-0.25, -0.2) is 9.50 Å². The molecule has 0 radical (unpaired) electrons. The lowest BCUT2D eigenvalue weighted by Crippen LogP contribution is -1.93. The van der Waals surface area contributed by atoms with Crippen molar-refractivity contribution in [2.75, 3.05) is 0 Å². The van der Waals surface area contributed by atoms with Crippen molar-refractivity contribution in [2.24, 2.45) is 0 Å². The maximum Gasteiger partial charge on any atom is 0.169 e. The Morgan fingerprint density at radius 1 is 1.53 bits per heavy atom. The third-order valence-corrected chi connectivity index (χ3v) is 3.02. The van der Waals surface area contributed by atoms with Crippen molar-refractivity contribution in [3.63, 3.8) is 0 Å². The molecule has 2 aromatic rings. The van der Waals surface area contributed by atoms with E-state index in [-0.39, 0.29) is 0 Å². The van der Waals surface area contributed by atoms with Crippen molar-refractivity contribution < 1.29 is 0 Å². The fourth-order valence-electron chi connectivity index (χ4n) is 1.33. The van der Waals surface area contributed by atoms with Crippen molar-refractivity contribution >= 4 is 33.2 Å². The van der Waals surface area contributed by atoms with Gasteiger partial charge in [0.2, 0.25) is 0 Å². The molecule has 5 heteroatoms. The predicted molar refractivity (Wildman–Crippen MR) is 64.3 cm³/mol. The number of pyridine rings is 1. The van der Waals surface area contributed by atoms with Gasteiger partial charge in [-0.1, -0.05) is 13.8 Å². The van der Waals surface area contributed by atoms with Gasteiger partial charge in [0.15, 0.2) is 11.5 Å². The fraction of sp³-hybridized carbons (Fsp3) is 0.400. The normalized spacial score (nSPS) is 11.5. The Morgan fingerprint density at radius 3 is 2.87 bits per heavy atom. The van der Waals surface area contributed by atoms with Gasteiger partial charge in [0, 0.05) is 18.0 Å². The summed E-state index contributed by atoms with van der Waals surface area (Å²) in [5, 5.41) is 4.40. The van der Waals surface area contributed by atoms with Crippen LogP contribution in [0, 0.1) is 0 Å². The predicted octanol–water partition coefficient (Wildman–Crippen LogP) is 3.35. The summed E-state index contributed by atoms with van der Waals surface area (Å²) in [6, 6.07) is 1.97. The number of hydrogen-bond donors (Lipinski definition) is 0. The van der Waals surface area contributed by atoms with E-state index in [0.29, 0.717) is 11.8 Å². The average molecular weight is 289 g/mol. The highest BCUT2D eigenvalue weighted by atomic mass is 79.9. The van der Waals surface area contributed by atoms with Crippen LogP contribution in [0.4, 0.5) is 0 Å². The Labute approximate surface area is 102 Å². The van der Waals surface area contributed by atoms with Crippen LogP contribution in [-0.4, -0.2) is 14.6 Å². The molecule has 15 heavy (non-hydrogen) atoms. The molecule has 80 valence electrons. The first-order chi connectivity index (χ1) is 7.11. The Hall–Kier alpha value is -0.610. The van der Waals surface area contributed by atoms with Gasteiger partial charge in [0.25, 0.3) is 0 Å². The van der Waals surface area contributed by atoms with Crippen LogP contribution in [0.15, 0.2) is 16.7 Å². The SMILES string of the molecule is CC(C)c1nc2c(Br)cc(CCl)cn2n1. The molecule has 0 aliphatic heterocycles. The van der Waals surface area contributed by atoms with Crippen molar-refractivity contribution in [1.82, 2.24) is 14.6 Å². The number of fused-ring (bicyclic) bond motifs is 1. The number of hydrogen-bond acceptors (Lipinski definition) is 2. The molecule has 0 atom stereocenters. The zero-order chi connectivity index (χ0) is 11.0. The van der Waals surface area contributed by atoms with Crippen LogP contribution >= 0.6 is 27.5 Å². The molecule has 2 aromatic heterocycles. The second-order valence-electron chi connectivity index (χ2n) is 3.72. The largest absolute Gasteiger partial charge is 0.219 e. The molecule has 0 bridgehead atoms. The smallest absolute Gasteiger partial charge is 0.169 e. The zero-order valence-electron chi connectivity index (χ0n) is 8.54. The lowest BCUT2D eigenvalue weighted by molar-refractivity contribution is 0.764. The summed E-state index contributed by atoms with van der Waals surface area (Å²) < 4.78 is 2.71. The minimum atomic E-state index is 0.330. The highest BCUT2D eigenvalue weighted by Crippen LogP contribution is 2.21. The first kappa shape index (κ1) is 10.9. The monoisotopic (exact) mass is 287 g/mol. The molecule has 0 fully saturated rings. The Bertz CT molecular complexity index is 493. The zero-order valence-corrected chi connectivity index (χ0v) is 10.9. The van der Waals surface area contributed by atoms with E-state index in [1.54, 1.807) is 4.52 Å². The van der Waals surface area contributed by atoms with Crippen molar-refractivity contribution in [1.29, 1.82) is 0 Å². The van der Waals surface area contributed by atoms with Crippen LogP contribution in [0.25, 0.3) is 5.65 Å². The van der Waals surface area contributed by atoms with Gasteiger partial charge in [-0.2, -0.15) is 5.10 Å². The molecule has 0 saturated heterocycles. The Morgan fingerprint density at radius 2 is 2.27 bits per heavy atom. The Kier molecular flexibility index (Phi) is 2.98. The molecule has 0 aromatic carbocycles. The van der Waals surface area contributed by atoms with Crippen LogP contribution in [0.1, 0.15) is 31.2 Å². The summed E-state index contributed by atoms with van der Waals surface area (Å²) in [5.41, 5.74) is 1.86. The molecule has 0 spiro atoms. The number of aromatic nitrogens is 3. The quantitative estimate of drug-likeness (QED) is 0.793. The summed E-state index contributed by atoms with van der Waals surface area (Å²) in [7, 11) is 0. The van der Waals surface area contributed by atoms with Gasteiger partial charge < -0.3 is 0 Å². The van der Waals surface area contributed by atoms with Crippen molar-refractivity contribution in [2.45, 2.75) is 25.6 Å².